The number of amides is 2. The number of anilines is 1. The first-order chi connectivity index (χ1) is 13.9. The minimum atomic E-state index is -0.207. The average molecular weight is 397 g/mol. The second kappa shape index (κ2) is 7.34. The summed E-state index contributed by atoms with van der Waals surface area (Å²) in [5.74, 6) is 1.43. The highest BCUT2D eigenvalue weighted by Gasteiger charge is 2.52. The van der Waals surface area contributed by atoms with E-state index in [1.807, 2.05) is 17.2 Å². The van der Waals surface area contributed by atoms with Crippen molar-refractivity contribution >= 4 is 35.2 Å². The molecule has 2 amide bonds. The zero-order chi connectivity index (χ0) is 20.6. The average Bonchev–Trinajstić information content (AvgIpc) is 3.37. The Balaban J connectivity index is 1.43. The molecule has 2 unspecified atom stereocenters. The van der Waals surface area contributed by atoms with Crippen LogP contribution < -0.4 is 16.0 Å². The summed E-state index contributed by atoms with van der Waals surface area (Å²) in [6.45, 7) is 3.68. The predicted octanol–water partition coefficient (Wildman–Crippen LogP) is 1.18. The van der Waals surface area contributed by atoms with Gasteiger partial charge in [0.2, 0.25) is 5.96 Å². The molecule has 2 fully saturated rings. The van der Waals surface area contributed by atoms with Crippen LogP contribution in [0.25, 0.3) is 11.0 Å². The Bertz CT molecular complexity index is 967. The van der Waals surface area contributed by atoms with E-state index in [1.165, 1.54) is 6.34 Å². The number of hydrogen-bond acceptors (Lipinski definition) is 5. The Morgan fingerprint density at radius 3 is 3.10 bits per heavy atom. The number of H-pyrrole nitrogens is 1. The number of guanidine groups is 1. The molecule has 154 valence electrons. The first kappa shape index (κ1) is 19.2. The molecule has 1 saturated carbocycles. The van der Waals surface area contributed by atoms with Crippen LogP contribution in [-0.4, -0.2) is 71.4 Å². The molecule has 1 saturated heterocycles. The number of hydrogen-bond donors (Lipinski definition) is 3. The third-order valence-corrected chi connectivity index (χ3v) is 6.29. The second-order valence-corrected chi connectivity index (χ2v) is 8.19. The van der Waals surface area contributed by atoms with Gasteiger partial charge in [0, 0.05) is 39.4 Å². The number of likely N-dealkylation sites (tertiary alicyclic amines) is 1. The first-order valence-electron chi connectivity index (χ1n) is 9.72. The molecule has 0 radical (unpaired) electrons. The number of carbonyl (C=O) groups is 1. The van der Waals surface area contributed by atoms with E-state index in [1.54, 1.807) is 13.4 Å². The topological polar surface area (TPSA) is 128 Å². The van der Waals surface area contributed by atoms with Gasteiger partial charge in [0.25, 0.3) is 0 Å². The third-order valence-electron chi connectivity index (χ3n) is 6.29. The van der Waals surface area contributed by atoms with Gasteiger partial charge in [-0.1, -0.05) is 6.92 Å². The van der Waals surface area contributed by atoms with E-state index in [-0.39, 0.29) is 17.4 Å². The van der Waals surface area contributed by atoms with Crippen molar-refractivity contribution in [2.24, 2.45) is 27.1 Å². The Morgan fingerprint density at radius 2 is 2.34 bits per heavy atom. The number of aliphatic imine (C=N–C) groups is 2. The van der Waals surface area contributed by atoms with Crippen molar-refractivity contribution in [3.8, 4) is 0 Å². The number of rotatable bonds is 3. The fourth-order valence-electron chi connectivity index (χ4n) is 4.76. The maximum atomic E-state index is 12.5. The van der Waals surface area contributed by atoms with Crippen molar-refractivity contribution in [3.05, 3.63) is 18.6 Å². The molecule has 1 aliphatic carbocycles. The van der Waals surface area contributed by atoms with Crippen molar-refractivity contribution in [1.29, 1.82) is 0 Å². The molecule has 3 heterocycles. The van der Waals surface area contributed by atoms with Gasteiger partial charge < -0.3 is 20.5 Å². The zero-order valence-electron chi connectivity index (χ0n) is 17.0. The van der Waals surface area contributed by atoms with Crippen LogP contribution in [0.2, 0.25) is 0 Å². The van der Waals surface area contributed by atoms with E-state index in [4.69, 9.17) is 5.73 Å². The highest BCUT2D eigenvalue weighted by molar-refractivity contribution is 5.98. The molecule has 3 atom stereocenters. The summed E-state index contributed by atoms with van der Waals surface area (Å²) in [6, 6.07) is 2.18. The van der Waals surface area contributed by atoms with E-state index < -0.39 is 0 Å². The molecule has 2 aromatic rings. The number of carbonyl (C=O) groups excluding carboxylic acids is 1. The van der Waals surface area contributed by atoms with Crippen LogP contribution in [0.3, 0.4) is 0 Å². The summed E-state index contributed by atoms with van der Waals surface area (Å²) < 4.78 is 0. The predicted molar refractivity (Wildman–Crippen MR) is 113 cm³/mol. The lowest BCUT2D eigenvalue weighted by molar-refractivity contribution is 0.204. The van der Waals surface area contributed by atoms with Crippen LogP contribution >= 0.6 is 0 Å². The van der Waals surface area contributed by atoms with Crippen molar-refractivity contribution in [2.75, 3.05) is 32.1 Å². The van der Waals surface area contributed by atoms with E-state index in [0.717, 1.165) is 29.7 Å². The Kier molecular flexibility index (Phi) is 4.85. The molecule has 4 rings (SSSR count). The summed E-state index contributed by atoms with van der Waals surface area (Å²) in [6.07, 6.45) is 6.81. The largest absolute Gasteiger partial charge is 0.369 e. The van der Waals surface area contributed by atoms with Gasteiger partial charge in [-0.05, 0) is 30.2 Å². The quantitative estimate of drug-likeness (QED) is 0.529. The summed E-state index contributed by atoms with van der Waals surface area (Å²) in [5, 5.41) is 3.66. The Hall–Kier alpha value is -3.17. The van der Waals surface area contributed by atoms with Gasteiger partial charge in [0.05, 0.1) is 5.39 Å². The molecular weight excluding hydrogens is 370 g/mol. The van der Waals surface area contributed by atoms with E-state index in [9.17, 15) is 4.79 Å². The molecule has 1 aliphatic heterocycles. The molecule has 0 bridgehead atoms. The normalized spacial score (nSPS) is 27.0. The lowest BCUT2D eigenvalue weighted by Gasteiger charge is -2.29. The highest BCUT2D eigenvalue weighted by atomic mass is 16.2. The van der Waals surface area contributed by atoms with Crippen molar-refractivity contribution in [2.45, 2.75) is 25.8 Å². The number of nitrogens with two attached hydrogens (primary N) is 1. The van der Waals surface area contributed by atoms with Crippen LogP contribution in [0.1, 0.15) is 19.8 Å². The summed E-state index contributed by atoms with van der Waals surface area (Å²) >= 11 is 0. The minimum absolute atomic E-state index is 0.0553. The molecule has 2 aromatic heterocycles. The van der Waals surface area contributed by atoms with Crippen molar-refractivity contribution < 1.29 is 4.79 Å². The molecule has 0 aromatic carbocycles. The number of aromatic nitrogens is 3. The molecule has 10 nitrogen and oxygen atoms in total. The number of nitrogens with one attached hydrogen (secondary N) is 2. The van der Waals surface area contributed by atoms with Gasteiger partial charge in [-0.25, -0.2) is 19.8 Å². The van der Waals surface area contributed by atoms with Crippen LogP contribution in [-0.2, 0) is 0 Å². The number of nitrogens with zero attached hydrogens (tertiary/aromatic N) is 6. The van der Waals surface area contributed by atoms with Gasteiger partial charge in [-0.15, -0.1) is 0 Å². The van der Waals surface area contributed by atoms with Gasteiger partial charge in [0.15, 0.2) is 0 Å². The van der Waals surface area contributed by atoms with E-state index in [0.29, 0.717) is 25.0 Å². The van der Waals surface area contributed by atoms with Crippen LogP contribution in [0.4, 0.5) is 10.6 Å². The zero-order valence-corrected chi connectivity index (χ0v) is 17.0. The second-order valence-electron chi connectivity index (χ2n) is 8.19. The standard InChI is InChI=1S/C19H27N9O/c1-19-7-13(27(3)16-14-4-5-22-15(14)23-11-24-16)6-12(19)8-28(9-19)18(29)26-17(20)25-10-21-2/h4-5,10-13H,6-9H2,1-3H3,(H,22,23,24)(H3,20,21,25,26,29)/t12?,13?,19-/m1/s1. The van der Waals surface area contributed by atoms with Gasteiger partial charge in [-0.2, -0.15) is 0 Å². The monoisotopic (exact) mass is 397 g/mol. The Labute approximate surface area is 169 Å². The van der Waals surface area contributed by atoms with E-state index >= 15 is 0 Å². The fourth-order valence-corrected chi connectivity index (χ4v) is 4.76. The third kappa shape index (κ3) is 3.50. The van der Waals surface area contributed by atoms with Gasteiger partial charge >= 0.3 is 6.03 Å². The number of urea groups is 1. The maximum Gasteiger partial charge on any atom is 0.324 e. The van der Waals surface area contributed by atoms with Crippen molar-refractivity contribution in [3.63, 3.8) is 0 Å². The lowest BCUT2D eigenvalue weighted by Crippen LogP contribution is -2.46. The van der Waals surface area contributed by atoms with Gasteiger partial charge in [-0.3, -0.25) is 10.3 Å². The van der Waals surface area contributed by atoms with E-state index in [2.05, 4.69) is 49.1 Å². The lowest BCUT2D eigenvalue weighted by atomic mass is 9.83. The number of aromatic amines is 1. The molecule has 4 N–H and O–H groups in total. The molecule has 10 heteroatoms. The molecule has 29 heavy (non-hydrogen) atoms. The maximum absolute atomic E-state index is 12.5. The number of fused-ring (bicyclic) bond motifs is 2. The van der Waals surface area contributed by atoms with Gasteiger partial charge in [0.1, 0.15) is 24.1 Å². The summed E-state index contributed by atoms with van der Waals surface area (Å²) in [4.78, 5) is 36.2. The smallest absolute Gasteiger partial charge is 0.324 e. The van der Waals surface area contributed by atoms with Crippen LogP contribution in [0.15, 0.2) is 28.6 Å². The minimum Gasteiger partial charge on any atom is -0.369 e. The highest BCUT2D eigenvalue weighted by Crippen LogP contribution is 2.50. The first-order valence-corrected chi connectivity index (χ1v) is 9.72. The summed E-state index contributed by atoms with van der Waals surface area (Å²) in [7, 11) is 3.69. The van der Waals surface area contributed by atoms with Crippen LogP contribution in [0, 0.1) is 11.3 Å². The molecular formula is C19H27N9O. The van der Waals surface area contributed by atoms with Crippen molar-refractivity contribution in [1.82, 2.24) is 25.2 Å². The molecule has 0 spiro atoms. The SMILES string of the molecule is CN=CN=C(N)NC(=O)N1CC2CC(N(C)c3ncnc4[nH]ccc34)C[C@]2(C)C1. The Morgan fingerprint density at radius 1 is 1.52 bits per heavy atom. The molecule has 2 aliphatic rings. The fraction of sp³-hybridized carbons (Fsp3) is 0.526. The van der Waals surface area contributed by atoms with Crippen LogP contribution in [0.5, 0.6) is 0 Å². The summed E-state index contributed by atoms with van der Waals surface area (Å²) in [5.41, 5.74) is 6.63.